The number of benzene rings is 1. The van der Waals surface area contributed by atoms with Crippen molar-refractivity contribution in [1.82, 2.24) is 15.3 Å². The van der Waals surface area contributed by atoms with E-state index in [9.17, 15) is 31.1 Å². The molecule has 168 valence electrons. The predicted octanol–water partition coefficient (Wildman–Crippen LogP) is 5.04. The average Bonchev–Trinajstić information content (AvgIpc) is 2.76. The van der Waals surface area contributed by atoms with Gasteiger partial charge in [0.15, 0.2) is 0 Å². The molecule has 0 aliphatic heterocycles. The Hall–Kier alpha value is -3.63. The lowest BCUT2D eigenvalue weighted by Gasteiger charge is -2.23. The van der Waals surface area contributed by atoms with Gasteiger partial charge in [-0.15, -0.1) is 0 Å². The number of hydrogen-bond acceptors (Lipinski definition) is 4. The van der Waals surface area contributed by atoms with Crippen molar-refractivity contribution in [3.63, 3.8) is 0 Å². The van der Waals surface area contributed by atoms with E-state index in [4.69, 9.17) is 4.74 Å². The third-order valence-electron chi connectivity index (χ3n) is 4.47. The summed E-state index contributed by atoms with van der Waals surface area (Å²) in [7, 11) is 1.26. The molecule has 5 nitrogen and oxygen atoms in total. The van der Waals surface area contributed by atoms with Crippen LogP contribution in [0.3, 0.4) is 0 Å². The van der Waals surface area contributed by atoms with Gasteiger partial charge in [0.1, 0.15) is 5.56 Å². The van der Waals surface area contributed by atoms with Crippen molar-refractivity contribution in [3.8, 4) is 5.88 Å². The van der Waals surface area contributed by atoms with E-state index in [1.54, 1.807) is 0 Å². The molecule has 11 heteroatoms. The number of methoxy groups -OCH3 is 1. The number of nitrogens with one attached hydrogen (secondary N) is 1. The van der Waals surface area contributed by atoms with Gasteiger partial charge in [0, 0.05) is 12.4 Å². The lowest BCUT2D eigenvalue weighted by molar-refractivity contribution is -0.139. The Kier molecular flexibility index (Phi) is 6.37. The number of carbonyl (C=O) groups excluding carboxylic acids is 1. The summed E-state index contributed by atoms with van der Waals surface area (Å²) in [6.45, 7) is 0. The van der Waals surface area contributed by atoms with Crippen molar-refractivity contribution in [2.75, 3.05) is 7.11 Å². The predicted molar refractivity (Wildman–Crippen MR) is 101 cm³/mol. The molecule has 32 heavy (non-hydrogen) atoms. The molecule has 3 rings (SSSR count). The van der Waals surface area contributed by atoms with Gasteiger partial charge in [-0.2, -0.15) is 26.3 Å². The van der Waals surface area contributed by atoms with Crippen LogP contribution < -0.4 is 10.1 Å². The summed E-state index contributed by atoms with van der Waals surface area (Å²) in [5, 5.41) is 2.41. The van der Waals surface area contributed by atoms with Gasteiger partial charge in [-0.1, -0.05) is 12.1 Å². The van der Waals surface area contributed by atoms with E-state index in [2.05, 4.69) is 15.3 Å². The first-order chi connectivity index (χ1) is 15.0. The fraction of sp³-hybridized carbons (Fsp3) is 0.190. The molecule has 2 aromatic heterocycles. The zero-order chi connectivity index (χ0) is 23.5. The SMILES string of the molecule is COc1ncccc1C(=O)NC(c1ccc(C(F)(F)F)cc1)c1ncccc1C(F)(F)F. The van der Waals surface area contributed by atoms with Crippen LogP contribution in [0.2, 0.25) is 0 Å². The van der Waals surface area contributed by atoms with Gasteiger partial charge >= 0.3 is 12.4 Å². The van der Waals surface area contributed by atoms with Crippen LogP contribution in [0.1, 0.15) is 38.8 Å². The number of hydrogen-bond donors (Lipinski definition) is 1. The number of aromatic nitrogens is 2. The van der Waals surface area contributed by atoms with Crippen LogP contribution in [0, 0.1) is 0 Å². The topological polar surface area (TPSA) is 64.1 Å². The molecule has 0 radical (unpaired) electrons. The van der Waals surface area contributed by atoms with Crippen LogP contribution in [0.4, 0.5) is 26.3 Å². The quantitative estimate of drug-likeness (QED) is 0.548. The van der Waals surface area contributed by atoms with Gasteiger partial charge in [-0.3, -0.25) is 9.78 Å². The van der Waals surface area contributed by atoms with Gasteiger partial charge in [0.2, 0.25) is 5.88 Å². The van der Waals surface area contributed by atoms with Gasteiger partial charge in [-0.05, 0) is 42.0 Å². The highest BCUT2D eigenvalue weighted by Crippen LogP contribution is 2.36. The Bertz CT molecular complexity index is 1100. The van der Waals surface area contributed by atoms with Crippen LogP contribution in [0.25, 0.3) is 0 Å². The van der Waals surface area contributed by atoms with Gasteiger partial charge < -0.3 is 10.1 Å². The molecule has 1 unspecified atom stereocenters. The molecule has 0 bridgehead atoms. The summed E-state index contributed by atoms with van der Waals surface area (Å²) in [6, 6.07) is 6.52. The van der Waals surface area contributed by atoms with E-state index in [0.29, 0.717) is 0 Å². The van der Waals surface area contributed by atoms with Gasteiger partial charge in [0.05, 0.1) is 30.0 Å². The second-order valence-electron chi connectivity index (χ2n) is 6.52. The Balaban J connectivity index is 2.10. The zero-order valence-corrected chi connectivity index (χ0v) is 16.3. The maximum atomic E-state index is 13.6. The highest BCUT2D eigenvalue weighted by Gasteiger charge is 2.37. The summed E-state index contributed by atoms with van der Waals surface area (Å²) in [5.74, 6) is -0.924. The number of carbonyl (C=O) groups is 1. The Morgan fingerprint density at radius 1 is 0.906 bits per heavy atom. The average molecular weight is 455 g/mol. The molecule has 0 aliphatic rings. The van der Waals surface area contributed by atoms with Crippen molar-refractivity contribution in [2.45, 2.75) is 18.4 Å². The summed E-state index contributed by atoms with van der Waals surface area (Å²) in [5.41, 5.74) is -2.80. The van der Waals surface area contributed by atoms with Gasteiger partial charge in [0.25, 0.3) is 5.91 Å². The summed E-state index contributed by atoms with van der Waals surface area (Å²) < 4.78 is 84.6. The van der Waals surface area contributed by atoms with Gasteiger partial charge in [-0.25, -0.2) is 4.98 Å². The highest BCUT2D eigenvalue weighted by molar-refractivity contribution is 5.96. The number of ether oxygens (including phenoxy) is 1. The molecule has 0 saturated heterocycles. The normalized spacial score (nSPS) is 12.8. The third kappa shape index (κ3) is 4.98. The van der Waals surface area contributed by atoms with Crippen LogP contribution in [-0.2, 0) is 12.4 Å². The molecular weight excluding hydrogens is 440 g/mol. The number of rotatable bonds is 5. The third-order valence-corrected chi connectivity index (χ3v) is 4.47. The summed E-state index contributed by atoms with van der Waals surface area (Å²) >= 11 is 0. The molecule has 1 aromatic carbocycles. The van der Waals surface area contributed by atoms with Crippen molar-refractivity contribution in [3.05, 3.63) is 88.9 Å². The maximum Gasteiger partial charge on any atom is 0.418 e. The zero-order valence-electron chi connectivity index (χ0n) is 16.3. The molecule has 3 aromatic rings. The second kappa shape index (κ2) is 8.85. The minimum Gasteiger partial charge on any atom is -0.480 e. The van der Waals surface area contributed by atoms with Crippen molar-refractivity contribution in [1.29, 1.82) is 0 Å². The van der Waals surface area contributed by atoms with Crippen LogP contribution in [0.5, 0.6) is 5.88 Å². The van der Waals surface area contributed by atoms with Crippen LogP contribution in [0.15, 0.2) is 60.9 Å². The monoisotopic (exact) mass is 455 g/mol. The molecule has 0 aliphatic carbocycles. The smallest absolute Gasteiger partial charge is 0.418 e. The second-order valence-corrected chi connectivity index (χ2v) is 6.52. The molecular formula is C21H15F6N3O2. The number of amides is 1. The molecule has 0 fully saturated rings. The summed E-state index contributed by atoms with van der Waals surface area (Å²) in [6.07, 6.45) is -7.01. The molecule has 1 amide bonds. The van der Waals surface area contributed by atoms with E-state index in [1.807, 2.05) is 0 Å². The van der Waals surface area contributed by atoms with E-state index < -0.39 is 41.1 Å². The van der Waals surface area contributed by atoms with E-state index in [1.165, 1.54) is 25.4 Å². The van der Waals surface area contributed by atoms with Crippen molar-refractivity contribution < 1.29 is 35.9 Å². The number of pyridine rings is 2. The van der Waals surface area contributed by atoms with E-state index in [-0.39, 0.29) is 17.0 Å². The number of nitrogens with zero attached hydrogens (tertiary/aromatic N) is 2. The lowest BCUT2D eigenvalue weighted by atomic mass is 9.97. The largest absolute Gasteiger partial charge is 0.480 e. The van der Waals surface area contributed by atoms with Crippen molar-refractivity contribution in [2.24, 2.45) is 0 Å². The van der Waals surface area contributed by atoms with Crippen LogP contribution in [-0.4, -0.2) is 23.0 Å². The van der Waals surface area contributed by atoms with E-state index in [0.717, 1.165) is 42.6 Å². The fourth-order valence-corrected chi connectivity index (χ4v) is 3.00. The first kappa shape index (κ1) is 23.0. The Morgan fingerprint density at radius 2 is 1.53 bits per heavy atom. The maximum absolute atomic E-state index is 13.6. The molecule has 2 heterocycles. The Labute approximate surface area is 178 Å². The molecule has 1 atom stereocenters. The minimum atomic E-state index is -4.82. The van der Waals surface area contributed by atoms with Crippen molar-refractivity contribution >= 4 is 5.91 Å². The fourth-order valence-electron chi connectivity index (χ4n) is 3.00. The number of halogens is 6. The first-order valence-electron chi connectivity index (χ1n) is 9.01. The first-order valence-corrected chi connectivity index (χ1v) is 9.01. The molecule has 0 saturated carbocycles. The minimum absolute atomic E-state index is 0.0293. The number of alkyl halides is 6. The Morgan fingerprint density at radius 3 is 2.12 bits per heavy atom. The highest BCUT2D eigenvalue weighted by atomic mass is 19.4. The summed E-state index contributed by atoms with van der Waals surface area (Å²) in [4.78, 5) is 20.5. The van der Waals surface area contributed by atoms with Crippen LogP contribution >= 0.6 is 0 Å². The molecule has 0 spiro atoms. The lowest BCUT2D eigenvalue weighted by Crippen LogP contribution is -2.32. The molecule has 1 N–H and O–H groups in total. The van der Waals surface area contributed by atoms with E-state index >= 15 is 0 Å². The standard InChI is InChI=1S/C21H15F6N3O2/c1-32-19-14(4-2-11-29-19)18(31)30-16(12-6-8-13(9-7-12)20(22,23)24)17-15(21(25,26)27)5-3-10-28-17/h2-11,16H,1H3,(H,30,31).